The molecule has 1 saturated heterocycles. The van der Waals surface area contributed by atoms with Crippen LogP contribution in [0.3, 0.4) is 0 Å². The predicted molar refractivity (Wildman–Crippen MR) is 146 cm³/mol. The van der Waals surface area contributed by atoms with E-state index in [1.54, 1.807) is 27.9 Å². The van der Waals surface area contributed by atoms with Gasteiger partial charge in [-0.3, -0.25) is 14.2 Å². The van der Waals surface area contributed by atoms with Crippen molar-refractivity contribution in [2.24, 2.45) is 5.92 Å². The van der Waals surface area contributed by atoms with Crippen LogP contribution in [-0.2, 0) is 27.5 Å². The van der Waals surface area contributed by atoms with Gasteiger partial charge < -0.3 is 4.90 Å². The van der Waals surface area contributed by atoms with Crippen LogP contribution in [0.5, 0.6) is 0 Å². The summed E-state index contributed by atoms with van der Waals surface area (Å²) in [4.78, 5) is 35.5. The summed E-state index contributed by atoms with van der Waals surface area (Å²) in [5.41, 5.74) is 3.84. The van der Waals surface area contributed by atoms with Crippen molar-refractivity contribution in [1.82, 2.24) is 14.5 Å². The number of hydrogen-bond acceptors (Lipinski definition) is 7. The molecule has 2 aliphatic rings. The van der Waals surface area contributed by atoms with Gasteiger partial charge in [-0.25, -0.2) is 13.4 Å². The molecule has 7 nitrogen and oxygen atoms in total. The van der Waals surface area contributed by atoms with E-state index in [2.05, 4.69) is 6.92 Å². The second-order valence-corrected chi connectivity index (χ2v) is 14.5. The number of carbonyl (C=O) groups is 1. The molecule has 36 heavy (non-hydrogen) atoms. The Labute approximate surface area is 219 Å². The van der Waals surface area contributed by atoms with Gasteiger partial charge in [0.15, 0.2) is 15.0 Å². The zero-order valence-electron chi connectivity index (χ0n) is 21.0. The Hall–Kier alpha value is -2.17. The molecule has 192 valence electrons. The van der Waals surface area contributed by atoms with Crippen molar-refractivity contribution in [1.29, 1.82) is 0 Å². The van der Waals surface area contributed by atoms with Gasteiger partial charge in [0.05, 0.1) is 28.3 Å². The van der Waals surface area contributed by atoms with E-state index in [4.69, 9.17) is 4.98 Å². The highest BCUT2D eigenvalue weighted by Crippen LogP contribution is 2.37. The minimum atomic E-state index is -3.09. The molecule has 1 aromatic carbocycles. The summed E-state index contributed by atoms with van der Waals surface area (Å²) in [5.74, 6) is 0.639. The second kappa shape index (κ2) is 9.61. The molecule has 1 fully saturated rings. The van der Waals surface area contributed by atoms with Gasteiger partial charge in [-0.2, -0.15) is 0 Å². The molecule has 0 saturated carbocycles. The highest BCUT2D eigenvalue weighted by Gasteiger charge is 2.33. The zero-order valence-corrected chi connectivity index (χ0v) is 23.5. The van der Waals surface area contributed by atoms with Crippen LogP contribution >= 0.6 is 23.1 Å². The number of amides is 1. The quantitative estimate of drug-likeness (QED) is 0.357. The van der Waals surface area contributed by atoms with Crippen molar-refractivity contribution in [3.8, 4) is 5.69 Å². The van der Waals surface area contributed by atoms with E-state index in [1.165, 1.54) is 16.6 Å². The summed E-state index contributed by atoms with van der Waals surface area (Å²) in [6.07, 6.45) is 3.39. The number of hydrogen-bond donors (Lipinski definition) is 0. The Morgan fingerprint density at radius 3 is 2.78 bits per heavy atom. The molecular weight excluding hydrogens is 515 g/mol. The summed E-state index contributed by atoms with van der Waals surface area (Å²) >= 11 is 2.85. The van der Waals surface area contributed by atoms with Crippen LogP contribution < -0.4 is 5.56 Å². The lowest BCUT2D eigenvalue weighted by molar-refractivity contribution is -0.128. The van der Waals surface area contributed by atoms with Crippen molar-refractivity contribution in [3.63, 3.8) is 0 Å². The summed E-state index contributed by atoms with van der Waals surface area (Å²) in [6.45, 7) is 6.22. The third-order valence-corrected chi connectivity index (χ3v) is 11.2. The van der Waals surface area contributed by atoms with Crippen molar-refractivity contribution in [2.45, 2.75) is 57.7 Å². The zero-order chi connectivity index (χ0) is 25.8. The van der Waals surface area contributed by atoms with E-state index >= 15 is 0 Å². The van der Waals surface area contributed by atoms with Gasteiger partial charge in [0, 0.05) is 18.0 Å². The molecule has 2 aromatic heterocycles. The molecule has 0 bridgehead atoms. The van der Waals surface area contributed by atoms with E-state index in [-0.39, 0.29) is 34.8 Å². The fourth-order valence-electron chi connectivity index (χ4n) is 5.15. The van der Waals surface area contributed by atoms with E-state index in [0.717, 1.165) is 46.5 Å². The first kappa shape index (κ1) is 25.5. The number of nitrogens with zero attached hydrogens (tertiary/aromatic N) is 3. The highest BCUT2D eigenvalue weighted by atomic mass is 32.2. The van der Waals surface area contributed by atoms with Gasteiger partial charge in [0.2, 0.25) is 5.91 Å². The fourth-order valence-corrected chi connectivity index (χ4v) is 9.28. The molecule has 5 rings (SSSR count). The number of aromatic nitrogens is 2. The maximum Gasteiger partial charge on any atom is 0.267 e. The smallest absolute Gasteiger partial charge is 0.267 e. The second-order valence-electron chi connectivity index (χ2n) is 10.2. The average Bonchev–Trinajstić information content (AvgIpc) is 3.37. The lowest BCUT2D eigenvalue weighted by Gasteiger charge is -2.23. The van der Waals surface area contributed by atoms with Crippen molar-refractivity contribution in [3.05, 3.63) is 50.1 Å². The maximum absolute atomic E-state index is 14.0. The molecule has 3 aromatic rings. The van der Waals surface area contributed by atoms with Gasteiger partial charge in [-0.05, 0) is 68.2 Å². The predicted octanol–water partition coefficient (Wildman–Crippen LogP) is 3.93. The SMILES string of the molecule is Cc1ccc(C)c(-n2c(SCC(=O)N(C)[C@@H]3CCS(=O)(=O)C3)nc3sc4c(c3c2=O)CC[C@@H](C)C4)c1. The molecule has 0 unspecified atom stereocenters. The Kier molecular flexibility index (Phi) is 6.80. The van der Waals surface area contributed by atoms with E-state index < -0.39 is 9.84 Å². The first-order valence-electron chi connectivity index (χ1n) is 12.3. The Bertz CT molecular complexity index is 1520. The Morgan fingerprint density at radius 1 is 1.28 bits per heavy atom. The third kappa shape index (κ3) is 4.75. The summed E-state index contributed by atoms with van der Waals surface area (Å²) < 4.78 is 25.4. The van der Waals surface area contributed by atoms with Crippen molar-refractivity contribution in [2.75, 3.05) is 24.3 Å². The highest BCUT2D eigenvalue weighted by molar-refractivity contribution is 7.99. The van der Waals surface area contributed by atoms with Crippen LogP contribution in [0.1, 0.15) is 41.3 Å². The lowest BCUT2D eigenvalue weighted by Crippen LogP contribution is -2.39. The molecule has 2 atom stereocenters. The van der Waals surface area contributed by atoms with Crippen LogP contribution in [0, 0.1) is 19.8 Å². The molecule has 10 heteroatoms. The van der Waals surface area contributed by atoms with Crippen LogP contribution in [0.25, 0.3) is 15.9 Å². The number of rotatable bonds is 5. The maximum atomic E-state index is 14.0. The van der Waals surface area contributed by atoms with E-state index in [0.29, 0.717) is 22.9 Å². The standard InChI is InChI=1S/C26H31N3O4S3/c1-15-5-7-17(3)20(11-15)29-25(31)23-19-8-6-16(2)12-21(19)35-24(23)27-26(29)34-13-22(30)28(4)18-9-10-36(32,33)14-18/h5,7,11,16,18H,6,8-10,12-14H2,1-4H3/t16-,18-/m1/s1. The fraction of sp³-hybridized carbons (Fsp3) is 0.500. The number of thiophene rings is 1. The van der Waals surface area contributed by atoms with Crippen molar-refractivity contribution < 1.29 is 13.2 Å². The molecule has 1 aliphatic carbocycles. The normalized spacial score (nSPS) is 21.0. The Balaban J connectivity index is 1.55. The summed E-state index contributed by atoms with van der Waals surface area (Å²) in [6, 6.07) is 5.71. The number of thioether (sulfide) groups is 1. The van der Waals surface area contributed by atoms with Crippen LogP contribution in [0.2, 0.25) is 0 Å². The van der Waals surface area contributed by atoms with Crippen molar-refractivity contribution >= 4 is 49.1 Å². The minimum absolute atomic E-state index is 0.0104. The number of aryl methyl sites for hydroxylation is 3. The molecule has 1 aliphatic heterocycles. The van der Waals surface area contributed by atoms with Gasteiger partial charge in [-0.15, -0.1) is 11.3 Å². The minimum Gasteiger partial charge on any atom is -0.341 e. The number of benzene rings is 1. The molecule has 3 heterocycles. The number of sulfone groups is 1. The lowest BCUT2D eigenvalue weighted by atomic mass is 9.89. The molecule has 0 radical (unpaired) electrons. The number of fused-ring (bicyclic) bond motifs is 3. The molecular formula is C26H31N3O4S3. The van der Waals surface area contributed by atoms with Crippen LogP contribution in [0.15, 0.2) is 28.2 Å². The molecule has 0 N–H and O–H groups in total. The average molecular weight is 546 g/mol. The van der Waals surface area contributed by atoms with E-state index in [9.17, 15) is 18.0 Å². The summed E-state index contributed by atoms with van der Waals surface area (Å²) in [5, 5.41) is 1.21. The Morgan fingerprint density at radius 2 is 2.06 bits per heavy atom. The monoisotopic (exact) mass is 545 g/mol. The van der Waals surface area contributed by atoms with Gasteiger partial charge >= 0.3 is 0 Å². The first-order chi connectivity index (χ1) is 17.0. The topological polar surface area (TPSA) is 89.3 Å². The van der Waals surface area contributed by atoms with Gasteiger partial charge in [0.25, 0.3) is 5.56 Å². The summed E-state index contributed by atoms with van der Waals surface area (Å²) in [7, 11) is -1.42. The van der Waals surface area contributed by atoms with Gasteiger partial charge in [0.1, 0.15) is 4.83 Å². The molecule has 1 amide bonds. The largest absolute Gasteiger partial charge is 0.341 e. The van der Waals surface area contributed by atoms with E-state index in [1.807, 2.05) is 32.0 Å². The first-order valence-corrected chi connectivity index (χ1v) is 15.9. The number of carbonyl (C=O) groups excluding carboxylic acids is 1. The van der Waals surface area contributed by atoms with Crippen LogP contribution in [0.4, 0.5) is 0 Å². The molecule has 0 spiro atoms. The third-order valence-electron chi connectivity index (χ3n) is 7.38. The van der Waals surface area contributed by atoms with Crippen LogP contribution in [-0.4, -0.2) is 59.1 Å². The van der Waals surface area contributed by atoms with Gasteiger partial charge in [-0.1, -0.05) is 30.8 Å².